The zero-order valence-electron chi connectivity index (χ0n) is 8.23. The topological polar surface area (TPSA) is 45.8 Å². The van der Waals surface area contributed by atoms with Crippen molar-refractivity contribution in [3.8, 4) is 11.3 Å². The van der Waals surface area contributed by atoms with Gasteiger partial charge in [0, 0.05) is 10.5 Å². The van der Waals surface area contributed by atoms with Gasteiger partial charge < -0.3 is 4.98 Å². The number of carbonyl (C=O) groups excluding carboxylic acids is 1. The van der Waals surface area contributed by atoms with Crippen LogP contribution in [0.5, 0.6) is 0 Å². The standard InChI is InChI=1S/C11H10N2OS/c1-15-9-4-2-8(3-5-9)11-10(6-14)12-7-13-11/h2-7H,1H3,(H,12,13). The van der Waals surface area contributed by atoms with E-state index in [-0.39, 0.29) is 0 Å². The first-order valence-electron chi connectivity index (χ1n) is 4.48. The molecule has 2 rings (SSSR count). The van der Waals surface area contributed by atoms with Crippen molar-refractivity contribution in [1.82, 2.24) is 9.97 Å². The Morgan fingerprint density at radius 3 is 2.67 bits per heavy atom. The Bertz CT molecular complexity index is 462. The van der Waals surface area contributed by atoms with Gasteiger partial charge in [-0.2, -0.15) is 0 Å². The molecule has 4 heteroatoms. The van der Waals surface area contributed by atoms with Gasteiger partial charge in [0.15, 0.2) is 6.29 Å². The van der Waals surface area contributed by atoms with Crippen molar-refractivity contribution in [3.05, 3.63) is 36.3 Å². The Kier molecular flexibility index (Phi) is 2.87. The molecule has 0 saturated heterocycles. The number of aromatic nitrogens is 2. The SMILES string of the molecule is CSc1ccc(-c2nc[nH]c2C=O)cc1. The number of carbonyl (C=O) groups is 1. The summed E-state index contributed by atoms with van der Waals surface area (Å²) in [6, 6.07) is 7.97. The maximum Gasteiger partial charge on any atom is 0.168 e. The Morgan fingerprint density at radius 1 is 1.33 bits per heavy atom. The normalized spacial score (nSPS) is 10.2. The molecule has 0 amide bonds. The Labute approximate surface area is 91.9 Å². The lowest BCUT2D eigenvalue weighted by Crippen LogP contribution is -1.85. The highest BCUT2D eigenvalue weighted by Gasteiger charge is 2.06. The van der Waals surface area contributed by atoms with Crippen LogP contribution in [0.15, 0.2) is 35.5 Å². The Morgan fingerprint density at radius 2 is 2.07 bits per heavy atom. The summed E-state index contributed by atoms with van der Waals surface area (Å²) in [5.74, 6) is 0. The summed E-state index contributed by atoms with van der Waals surface area (Å²) >= 11 is 1.69. The number of hydrogen-bond acceptors (Lipinski definition) is 3. The lowest BCUT2D eigenvalue weighted by Gasteiger charge is -1.99. The zero-order valence-corrected chi connectivity index (χ0v) is 9.04. The van der Waals surface area contributed by atoms with Gasteiger partial charge in [-0.15, -0.1) is 11.8 Å². The minimum absolute atomic E-state index is 0.520. The maximum atomic E-state index is 10.7. The Hall–Kier alpha value is -1.55. The van der Waals surface area contributed by atoms with Crippen LogP contribution in [0, 0.1) is 0 Å². The van der Waals surface area contributed by atoms with Crippen LogP contribution in [0.25, 0.3) is 11.3 Å². The summed E-state index contributed by atoms with van der Waals surface area (Å²) in [4.78, 5) is 18.8. The van der Waals surface area contributed by atoms with E-state index in [1.54, 1.807) is 11.8 Å². The zero-order chi connectivity index (χ0) is 10.7. The molecule has 0 aliphatic rings. The second-order valence-electron chi connectivity index (χ2n) is 3.01. The summed E-state index contributed by atoms with van der Waals surface area (Å²) in [6.07, 6.45) is 4.34. The fraction of sp³-hybridized carbons (Fsp3) is 0.0909. The first-order chi connectivity index (χ1) is 7.35. The number of nitrogens with one attached hydrogen (secondary N) is 1. The van der Waals surface area contributed by atoms with Crippen molar-refractivity contribution in [2.45, 2.75) is 4.90 Å². The van der Waals surface area contributed by atoms with E-state index in [1.807, 2.05) is 30.5 Å². The van der Waals surface area contributed by atoms with Gasteiger partial charge in [0.25, 0.3) is 0 Å². The highest BCUT2D eigenvalue weighted by molar-refractivity contribution is 7.98. The quantitative estimate of drug-likeness (QED) is 0.636. The van der Waals surface area contributed by atoms with Crippen molar-refractivity contribution in [1.29, 1.82) is 0 Å². The molecule has 1 aromatic carbocycles. The van der Waals surface area contributed by atoms with E-state index in [9.17, 15) is 4.79 Å². The number of nitrogens with zero attached hydrogens (tertiary/aromatic N) is 1. The lowest BCUT2D eigenvalue weighted by molar-refractivity contribution is 0.112. The number of aldehydes is 1. The number of hydrogen-bond donors (Lipinski definition) is 1. The molecular formula is C11H10N2OS. The van der Waals surface area contributed by atoms with Crippen LogP contribution in [0.3, 0.4) is 0 Å². The van der Waals surface area contributed by atoms with E-state index in [1.165, 1.54) is 11.2 Å². The van der Waals surface area contributed by atoms with Crippen LogP contribution in [-0.2, 0) is 0 Å². The van der Waals surface area contributed by atoms with Gasteiger partial charge in [-0.3, -0.25) is 4.79 Å². The molecule has 1 heterocycles. The molecule has 3 nitrogen and oxygen atoms in total. The third-order valence-electron chi connectivity index (χ3n) is 2.15. The van der Waals surface area contributed by atoms with E-state index in [2.05, 4.69) is 9.97 Å². The molecule has 0 aliphatic heterocycles. The summed E-state index contributed by atoms with van der Waals surface area (Å²) < 4.78 is 0. The maximum absolute atomic E-state index is 10.7. The minimum atomic E-state index is 0.520. The van der Waals surface area contributed by atoms with E-state index in [0.717, 1.165) is 11.8 Å². The summed E-state index contributed by atoms with van der Waals surface area (Å²) in [5.41, 5.74) is 2.18. The fourth-order valence-electron chi connectivity index (χ4n) is 1.37. The van der Waals surface area contributed by atoms with Gasteiger partial charge in [-0.1, -0.05) is 12.1 Å². The average molecular weight is 218 g/mol. The highest BCUT2D eigenvalue weighted by atomic mass is 32.2. The molecule has 0 saturated carbocycles. The van der Waals surface area contributed by atoms with Crippen molar-refractivity contribution in [3.63, 3.8) is 0 Å². The molecule has 0 bridgehead atoms. The molecule has 2 aromatic rings. The number of thioether (sulfide) groups is 1. The lowest BCUT2D eigenvalue weighted by atomic mass is 10.1. The predicted octanol–water partition coefficient (Wildman–Crippen LogP) is 2.61. The molecule has 1 aromatic heterocycles. The molecule has 76 valence electrons. The molecule has 0 spiro atoms. The molecule has 0 radical (unpaired) electrons. The van der Waals surface area contributed by atoms with Crippen LogP contribution in [0.4, 0.5) is 0 Å². The van der Waals surface area contributed by atoms with Crippen LogP contribution in [0.2, 0.25) is 0 Å². The molecule has 0 fully saturated rings. The van der Waals surface area contributed by atoms with Crippen molar-refractivity contribution < 1.29 is 4.79 Å². The van der Waals surface area contributed by atoms with Crippen molar-refractivity contribution in [2.75, 3.05) is 6.26 Å². The number of H-pyrrole nitrogens is 1. The van der Waals surface area contributed by atoms with Crippen LogP contribution >= 0.6 is 11.8 Å². The van der Waals surface area contributed by atoms with Gasteiger partial charge in [-0.05, 0) is 18.4 Å². The minimum Gasteiger partial charge on any atom is -0.342 e. The number of benzene rings is 1. The monoisotopic (exact) mass is 218 g/mol. The second-order valence-corrected chi connectivity index (χ2v) is 3.89. The van der Waals surface area contributed by atoms with E-state index < -0.39 is 0 Å². The van der Waals surface area contributed by atoms with Gasteiger partial charge in [-0.25, -0.2) is 4.98 Å². The smallest absolute Gasteiger partial charge is 0.168 e. The van der Waals surface area contributed by atoms with Crippen molar-refractivity contribution >= 4 is 18.0 Å². The fourth-order valence-corrected chi connectivity index (χ4v) is 1.78. The van der Waals surface area contributed by atoms with Gasteiger partial charge in [0.05, 0.1) is 12.0 Å². The third-order valence-corrected chi connectivity index (χ3v) is 2.89. The average Bonchev–Trinajstić information content (AvgIpc) is 2.77. The number of rotatable bonds is 3. The second kappa shape index (κ2) is 4.31. The molecule has 1 N–H and O–H groups in total. The van der Waals surface area contributed by atoms with Gasteiger partial charge in [0.1, 0.15) is 5.69 Å². The summed E-state index contributed by atoms with van der Waals surface area (Å²) in [7, 11) is 0. The summed E-state index contributed by atoms with van der Waals surface area (Å²) in [6.45, 7) is 0. The van der Waals surface area contributed by atoms with Crippen LogP contribution in [0.1, 0.15) is 10.5 Å². The van der Waals surface area contributed by atoms with Gasteiger partial charge in [0.2, 0.25) is 0 Å². The summed E-state index contributed by atoms with van der Waals surface area (Å²) in [5, 5.41) is 0. The highest BCUT2D eigenvalue weighted by Crippen LogP contribution is 2.22. The number of aromatic amines is 1. The van der Waals surface area contributed by atoms with Crippen LogP contribution < -0.4 is 0 Å². The third kappa shape index (κ3) is 1.94. The molecular weight excluding hydrogens is 208 g/mol. The van der Waals surface area contributed by atoms with Crippen LogP contribution in [-0.4, -0.2) is 22.5 Å². The largest absolute Gasteiger partial charge is 0.342 e. The van der Waals surface area contributed by atoms with E-state index in [4.69, 9.17) is 0 Å². The molecule has 0 unspecified atom stereocenters. The molecule has 0 atom stereocenters. The molecule has 15 heavy (non-hydrogen) atoms. The first-order valence-corrected chi connectivity index (χ1v) is 5.70. The van der Waals surface area contributed by atoms with E-state index in [0.29, 0.717) is 11.4 Å². The predicted molar refractivity (Wildman–Crippen MR) is 61.2 cm³/mol. The number of imidazole rings is 1. The Balaban J connectivity index is 2.41. The first kappa shape index (κ1) is 9.98. The van der Waals surface area contributed by atoms with E-state index >= 15 is 0 Å². The van der Waals surface area contributed by atoms with Gasteiger partial charge >= 0.3 is 0 Å². The molecule has 0 aliphatic carbocycles. The van der Waals surface area contributed by atoms with Crippen molar-refractivity contribution in [2.24, 2.45) is 0 Å².